The molecule has 19 heavy (non-hydrogen) atoms. The van der Waals surface area contributed by atoms with Crippen LogP contribution in [0.25, 0.3) is 0 Å². The van der Waals surface area contributed by atoms with Crippen LogP contribution >= 0.6 is 0 Å². The van der Waals surface area contributed by atoms with Crippen molar-refractivity contribution in [2.45, 2.75) is 12.8 Å². The normalized spacial score (nSPS) is 18.3. The molecule has 2 rings (SSSR count). The lowest BCUT2D eigenvalue weighted by molar-refractivity contribution is -0.384. The average molecular weight is 265 g/mol. The maximum absolute atomic E-state index is 11.0. The second kappa shape index (κ2) is 6.38. The van der Waals surface area contributed by atoms with Crippen molar-refractivity contribution >= 4 is 11.4 Å². The maximum Gasteiger partial charge on any atom is 0.296 e. The Hall–Kier alpha value is -1.82. The maximum atomic E-state index is 11.0. The molecule has 0 aliphatic carbocycles. The number of ether oxygens (including phenoxy) is 1. The second-order valence-corrected chi connectivity index (χ2v) is 4.71. The molecule has 0 spiro atoms. The highest BCUT2D eigenvalue weighted by Gasteiger charge is 2.17. The molecule has 1 saturated heterocycles. The summed E-state index contributed by atoms with van der Waals surface area (Å²) >= 11 is 0. The Kier molecular flexibility index (Phi) is 4.57. The van der Waals surface area contributed by atoms with Gasteiger partial charge >= 0.3 is 0 Å². The summed E-state index contributed by atoms with van der Waals surface area (Å²) in [6.45, 7) is 2.87. The van der Waals surface area contributed by atoms with Gasteiger partial charge in [0.05, 0.1) is 18.1 Å². The SMILES string of the molecule is COc1ccc(NCCC2CCNC2)c([N+](=O)[O-])c1. The third-order valence-electron chi connectivity index (χ3n) is 3.43. The molecule has 0 radical (unpaired) electrons. The molecule has 0 amide bonds. The standard InChI is InChI=1S/C13H19N3O3/c1-19-11-2-3-12(13(8-11)16(17)18)15-7-5-10-4-6-14-9-10/h2-3,8,10,14-15H,4-7,9H2,1H3. The smallest absolute Gasteiger partial charge is 0.296 e. The zero-order valence-corrected chi connectivity index (χ0v) is 11.0. The van der Waals surface area contributed by atoms with Gasteiger partial charge in [-0.2, -0.15) is 0 Å². The van der Waals surface area contributed by atoms with Gasteiger partial charge in [-0.15, -0.1) is 0 Å². The Morgan fingerprint density at radius 3 is 3.05 bits per heavy atom. The second-order valence-electron chi connectivity index (χ2n) is 4.71. The molecule has 104 valence electrons. The van der Waals surface area contributed by atoms with Crippen LogP contribution in [0.2, 0.25) is 0 Å². The Labute approximate surface area is 112 Å². The van der Waals surface area contributed by atoms with E-state index in [1.165, 1.54) is 19.6 Å². The molecule has 1 atom stereocenters. The summed E-state index contributed by atoms with van der Waals surface area (Å²) in [5, 5.41) is 17.5. The summed E-state index contributed by atoms with van der Waals surface area (Å²) in [7, 11) is 1.50. The predicted molar refractivity (Wildman–Crippen MR) is 73.7 cm³/mol. The Morgan fingerprint density at radius 1 is 1.58 bits per heavy atom. The molecule has 1 heterocycles. The fourth-order valence-electron chi connectivity index (χ4n) is 2.31. The number of rotatable bonds is 6. The van der Waals surface area contributed by atoms with Crippen LogP contribution in [-0.2, 0) is 0 Å². The monoisotopic (exact) mass is 265 g/mol. The molecule has 1 aliphatic heterocycles. The van der Waals surface area contributed by atoms with Crippen molar-refractivity contribution in [3.63, 3.8) is 0 Å². The van der Waals surface area contributed by atoms with Crippen molar-refractivity contribution in [2.24, 2.45) is 5.92 Å². The van der Waals surface area contributed by atoms with E-state index >= 15 is 0 Å². The summed E-state index contributed by atoms with van der Waals surface area (Å²) in [5.41, 5.74) is 0.612. The summed E-state index contributed by atoms with van der Waals surface area (Å²) in [4.78, 5) is 10.6. The Morgan fingerprint density at radius 2 is 2.42 bits per heavy atom. The van der Waals surface area contributed by atoms with E-state index in [2.05, 4.69) is 10.6 Å². The van der Waals surface area contributed by atoms with Gasteiger partial charge in [0.1, 0.15) is 11.4 Å². The molecule has 6 heteroatoms. The zero-order chi connectivity index (χ0) is 13.7. The first-order valence-corrected chi connectivity index (χ1v) is 6.47. The van der Waals surface area contributed by atoms with Gasteiger partial charge in [-0.25, -0.2) is 0 Å². The van der Waals surface area contributed by atoms with Crippen molar-refractivity contribution in [3.05, 3.63) is 28.3 Å². The molecule has 0 aromatic heterocycles. The van der Waals surface area contributed by atoms with Gasteiger partial charge in [0.15, 0.2) is 0 Å². The number of nitrogens with one attached hydrogen (secondary N) is 2. The van der Waals surface area contributed by atoms with Crippen LogP contribution in [0.5, 0.6) is 5.75 Å². The van der Waals surface area contributed by atoms with Crippen LogP contribution in [0, 0.1) is 16.0 Å². The number of anilines is 1. The molecule has 1 fully saturated rings. The Bertz CT molecular complexity index is 445. The highest BCUT2D eigenvalue weighted by atomic mass is 16.6. The molecule has 1 aromatic rings. The molecule has 0 bridgehead atoms. The van der Waals surface area contributed by atoms with E-state index in [1.54, 1.807) is 12.1 Å². The molecule has 2 N–H and O–H groups in total. The van der Waals surface area contributed by atoms with E-state index in [4.69, 9.17) is 4.74 Å². The third-order valence-corrected chi connectivity index (χ3v) is 3.43. The van der Waals surface area contributed by atoms with Gasteiger partial charge in [-0.05, 0) is 44.0 Å². The molecule has 1 unspecified atom stereocenters. The fraction of sp³-hybridized carbons (Fsp3) is 0.538. The topological polar surface area (TPSA) is 76.4 Å². The summed E-state index contributed by atoms with van der Waals surface area (Å²) in [5.74, 6) is 1.17. The molecule has 1 aliphatic rings. The van der Waals surface area contributed by atoms with E-state index in [1.807, 2.05) is 0 Å². The van der Waals surface area contributed by atoms with Crippen LogP contribution in [0.3, 0.4) is 0 Å². The van der Waals surface area contributed by atoms with Gasteiger partial charge in [0.25, 0.3) is 5.69 Å². The number of nitro groups is 1. The van der Waals surface area contributed by atoms with Crippen molar-refractivity contribution in [1.29, 1.82) is 0 Å². The number of methoxy groups -OCH3 is 1. The number of benzene rings is 1. The van der Waals surface area contributed by atoms with Crippen molar-refractivity contribution in [3.8, 4) is 5.75 Å². The van der Waals surface area contributed by atoms with Crippen molar-refractivity contribution in [2.75, 3.05) is 32.1 Å². The minimum absolute atomic E-state index is 0.0592. The first kappa shape index (κ1) is 13.6. The first-order valence-electron chi connectivity index (χ1n) is 6.47. The van der Waals surface area contributed by atoms with Gasteiger partial charge in [0, 0.05) is 6.54 Å². The number of nitrogens with zero attached hydrogens (tertiary/aromatic N) is 1. The molecular formula is C13H19N3O3. The fourth-order valence-corrected chi connectivity index (χ4v) is 2.31. The number of nitro benzene ring substituents is 1. The van der Waals surface area contributed by atoms with Gasteiger partial charge in [-0.3, -0.25) is 10.1 Å². The lowest BCUT2D eigenvalue weighted by atomic mass is 10.1. The molecular weight excluding hydrogens is 246 g/mol. The molecule has 6 nitrogen and oxygen atoms in total. The summed E-state index contributed by atoms with van der Waals surface area (Å²) in [6.07, 6.45) is 2.21. The zero-order valence-electron chi connectivity index (χ0n) is 11.0. The quantitative estimate of drug-likeness (QED) is 0.608. The van der Waals surface area contributed by atoms with Gasteiger partial charge < -0.3 is 15.4 Å². The van der Waals surface area contributed by atoms with E-state index in [0.717, 1.165) is 26.1 Å². The van der Waals surface area contributed by atoms with E-state index in [9.17, 15) is 10.1 Å². The van der Waals surface area contributed by atoms with Crippen molar-refractivity contribution < 1.29 is 9.66 Å². The minimum Gasteiger partial charge on any atom is -0.496 e. The number of hydrogen-bond acceptors (Lipinski definition) is 5. The Balaban J connectivity index is 1.96. The van der Waals surface area contributed by atoms with E-state index in [-0.39, 0.29) is 10.6 Å². The molecule has 0 saturated carbocycles. The van der Waals surface area contributed by atoms with Gasteiger partial charge in [0.2, 0.25) is 0 Å². The summed E-state index contributed by atoms with van der Waals surface area (Å²) < 4.78 is 5.01. The van der Waals surface area contributed by atoms with Crippen LogP contribution in [0.1, 0.15) is 12.8 Å². The van der Waals surface area contributed by atoms with E-state index in [0.29, 0.717) is 17.4 Å². The largest absolute Gasteiger partial charge is 0.496 e. The van der Waals surface area contributed by atoms with Crippen LogP contribution in [-0.4, -0.2) is 31.7 Å². The van der Waals surface area contributed by atoms with E-state index < -0.39 is 0 Å². The highest BCUT2D eigenvalue weighted by molar-refractivity contribution is 5.63. The third kappa shape index (κ3) is 3.57. The highest BCUT2D eigenvalue weighted by Crippen LogP contribution is 2.29. The minimum atomic E-state index is -0.387. The first-order chi connectivity index (χ1) is 9.20. The van der Waals surface area contributed by atoms with Crippen LogP contribution < -0.4 is 15.4 Å². The van der Waals surface area contributed by atoms with Crippen molar-refractivity contribution in [1.82, 2.24) is 5.32 Å². The predicted octanol–water partition coefficient (Wildman–Crippen LogP) is 2.01. The lowest BCUT2D eigenvalue weighted by Gasteiger charge is -2.11. The van der Waals surface area contributed by atoms with Crippen LogP contribution in [0.4, 0.5) is 11.4 Å². The van der Waals surface area contributed by atoms with Gasteiger partial charge in [-0.1, -0.05) is 0 Å². The number of hydrogen-bond donors (Lipinski definition) is 2. The lowest BCUT2D eigenvalue weighted by Crippen LogP contribution is -2.13. The van der Waals surface area contributed by atoms with Crippen LogP contribution in [0.15, 0.2) is 18.2 Å². The average Bonchev–Trinajstić information content (AvgIpc) is 2.92. The molecule has 1 aromatic carbocycles. The summed E-state index contributed by atoms with van der Waals surface area (Å²) in [6, 6.07) is 4.87.